The third-order valence-corrected chi connectivity index (χ3v) is 5.68. The second-order valence-corrected chi connectivity index (χ2v) is 7.91. The SMILES string of the molecule is CCCCCCC(=O)Nc1ccc(N2CCN(C(=O)c3ccc(OC)cc3)CC2)cc1. The molecule has 1 heterocycles. The van der Waals surface area contributed by atoms with E-state index in [1.54, 1.807) is 7.11 Å². The number of rotatable bonds is 9. The summed E-state index contributed by atoms with van der Waals surface area (Å²) in [6.45, 7) is 5.10. The van der Waals surface area contributed by atoms with E-state index in [0.29, 0.717) is 25.1 Å². The molecular weight excluding hydrogens is 390 g/mol. The molecule has 0 bridgehead atoms. The Hall–Kier alpha value is -3.02. The maximum absolute atomic E-state index is 12.7. The van der Waals surface area contributed by atoms with E-state index in [0.717, 1.165) is 43.1 Å². The van der Waals surface area contributed by atoms with Crippen molar-refractivity contribution in [1.82, 2.24) is 4.90 Å². The number of nitrogens with one attached hydrogen (secondary N) is 1. The minimum atomic E-state index is 0.0549. The lowest BCUT2D eigenvalue weighted by Crippen LogP contribution is -2.48. The van der Waals surface area contributed by atoms with Crippen LogP contribution >= 0.6 is 0 Å². The molecule has 3 rings (SSSR count). The largest absolute Gasteiger partial charge is 0.497 e. The molecule has 0 radical (unpaired) electrons. The Morgan fingerprint density at radius 2 is 1.58 bits per heavy atom. The van der Waals surface area contributed by atoms with Crippen molar-refractivity contribution in [3.8, 4) is 5.75 Å². The highest BCUT2D eigenvalue weighted by atomic mass is 16.5. The summed E-state index contributed by atoms with van der Waals surface area (Å²) in [5.41, 5.74) is 2.62. The molecule has 1 N–H and O–H groups in total. The van der Waals surface area contributed by atoms with E-state index in [-0.39, 0.29) is 11.8 Å². The van der Waals surface area contributed by atoms with Gasteiger partial charge in [0.15, 0.2) is 0 Å². The van der Waals surface area contributed by atoms with Gasteiger partial charge in [0.1, 0.15) is 5.75 Å². The molecule has 0 unspecified atom stereocenters. The number of piperazine rings is 1. The summed E-state index contributed by atoms with van der Waals surface area (Å²) in [5.74, 6) is 0.881. The molecule has 1 saturated heterocycles. The molecule has 1 aliphatic heterocycles. The van der Waals surface area contributed by atoms with Gasteiger partial charge in [-0.05, 0) is 55.0 Å². The number of benzene rings is 2. The highest BCUT2D eigenvalue weighted by Gasteiger charge is 2.22. The fourth-order valence-electron chi connectivity index (χ4n) is 3.78. The quantitative estimate of drug-likeness (QED) is 0.601. The zero-order valence-electron chi connectivity index (χ0n) is 18.6. The maximum Gasteiger partial charge on any atom is 0.253 e. The summed E-state index contributed by atoms with van der Waals surface area (Å²) >= 11 is 0. The van der Waals surface area contributed by atoms with Gasteiger partial charge in [-0.25, -0.2) is 0 Å². The number of hydrogen-bond donors (Lipinski definition) is 1. The van der Waals surface area contributed by atoms with Crippen LogP contribution in [0.25, 0.3) is 0 Å². The van der Waals surface area contributed by atoms with Crippen LogP contribution in [-0.4, -0.2) is 50.0 Å². The van der Waals surface area contributed by atoms with Crippen molar-refractivity contribution in [2.75, 3.05) is 43.5 Å². The summed E-state index contributed by atoms with van der Waals surface area (Å²) in [4.78, 5) is 28.9. The van der Waals surface area contributed by atoms with Crippen molar-refractivity contribution >= 4 is 23.2 Å². The number of anilines is 2. The van der Waals surface area contributed by atoms with Gasteiger partial charge in [0.25, 0.3) is 5.91 Å². The molecule has 2 amide bonds. The van der Waals surface area contributed by atoms with Crippen molar-refractivity contribution < 1.29 is 14.3 Å². The average Bonchev–Trinajstić information content (AvgIpc) is 2.82. The normalized spacial score (nSPS) is 13.7. The molecule has 1 aliphatic rings. The number of carbonyl (C=O) groups is 2. The van der Waals surface area contributed by atoms with Crippen LogP contribution in [-0.2, 0) is 4.79 Å². The molecular formula is C25H33N3O3. The smallest absolute Gasteiger partial charge is 0.253 e. The van der Waals surface area contributed by atoms with Gasteiger partial charge in [-0.3, -0.25) is 9.59 Å². The standard InChI is InChI=1S/C25H33N3O3/c1-3-4-5-6-7-24(29)26-21-10-12-22(13-11-21)27-16-18-28(19-17-27)25(30)20-8-14-23(31-2)15-9-20/h8-15H,3-7,16-19H2,1-2H3,(H,26,29). The Morgan fingerprint density at radius 1 is 0.903 bits per heavy atom. The topological polar surface area (TPSA) is 61.9 Å². The monoisotopic (exact) mass is 423 g/mol. The number of hydrogen-bond acceptors (Lipinski definition) is 4. The summed E-state index contributed by atoms with van der Waals surface area (Å²) in [5, 5.41) is 2.98. The summed E-state index contributed by atoms with van der Waals surface area (Å²) < 4.78 is 5.16. The fourth-order valence-corrected chi connectivity index (χ4v) is 3.78. The van der Waals surface area contributed by atoms with Crippen molar-refractivity contribution in [1.29, 1.82) is 0 Å². The van der Waals surface area contributed by atoms with Gasteiger partial charge < -0.3 is 19.9 Å². The lowest BCUT2D eigenvalue weighted by Gasteiger charge is -2.36. The van der Waals surface area contributed by atoms with Gasteiger partial charge in [-0.1, -0.05) is 26.2 Å². The van der Waals surface area contributed by atoms with Crippen LogP contribution in [0.4, 0.5) is 11.4 Å². The Labute approximate surface area is 185 Å². The van der Waals surface area contributed by atoms with Crippen LogP contribution in [0.1, 0.15) is 49.4 Å². The highest BCUT2D eigenvalue weighted by Crippen LogP contribution is 2.21. The summed E-state index contributed by atoms with van der Waals surface area (Å²) in [7, 11) is 1.62. The Balaban J connectivity index is 1.47. The van der Waals surface area contributed by atoms with Crippen molar-refractivity contribution in [3.63, 3.8) is 0 Å². The first-order valence-corrected chi connectivity index (χ1v) is 11.2. The second-order valence-electron chi connectivity index (χ2n) is 7.91. The molecule has 2 aromatic rings. The van der Waals surface area contributed by atoms with Crippen molar-refractivity contribution in [2.45, 2.75) is 39.0 Å². The molecule has 6 heteroatoms. The predicted octanol–water partition coefficient (Wildman–Crippen LogP) is 4.57. The van der Waals surface area contributed by atoms with Gasteiger partial charge >= 0.3 is 0 Å². The van der Waals surface area contributed by atoms with Crippen LogP contribution in [0.2, 0.25) is 0 Å². The molecule has 0 aliphatic carbocycles. The molecule has 0 aromatic heterocycles. The van der Waals surface area contributed by atoms with Gasteiger partial charge in [-0.2, -0.15) is 0 Å². The predicted molar refractivity (Wildman–Crippen MR) is 125 cm³/mol. The van der Waals surface area contributed by atoms with Crippen LogP contribution < -0.4 is 15.0 Å². The van der Waals surface area contributed by atoms with E-state index < -0.39 is 0 Å². The van der Waals surface area contributed by atoms with Crippen LogP contribution in [0.3, 0.4) is 0 Å². The van der Waals surface area contributed by atoms with Crippen molar-refractivity contribution in [3.05, 3.63) is 54.1 Å². The minimum absolute atomic E-state index is 0.0549. The van der Waals surface area contributed by atoms with Gasteiger partial charge in [-0.15, -0.1) is 0 Å². The van der Waals surface area contributed by atoms with Gasteiger partial charge in [0, 0.05) is 49.5 Å². The molecule has 1 fully saturated rings. The maximum atomic E-state index is 12.7. The summed E-state index contributed by atoms with van der Waals surface area (Å²) in [6.07, 6.45) is 4.98. The molecule has 6 nitrogen and oxygen atoms in total. The van der Waals surface area contributed by atoms with Crippen molar-refractivity contribution in [2.24, 2.45) is 0 Å². The minimum Gasteiger partial charge on any atom is -0.497 e. The van der Waals surface area contributed by atoms with E-state index in [9.17, 15) is 9.59 Å². The third-order valence-electron chi connectivity index (χ3n) is 5.68. The number of ether oxygens (including phenoxy) is 1. The van der Waals surface area contributed by atoms with Crippen LogP contribution in [0.15, 0.2) is 48.5 Å². The Morgan fingerprint density at radius 3 is 2.19 bits per heavy atom. The molecule has 31 heavy (non-hydrogen) atoms. The first-order valence-electron chi connectivity index (χ1n) is 11.2. The number of nitrogens with zero attached hydrogens (tertiary/aromatic N) is 2. The van der Waals surface area contributed by atoms with E-state index >= 15 is 0 Å². The highest BCUT2D eigenvalue weighted by molar-refractivity contribution is 5.94. The van der Waals surface area contributed by atoms with E-state index in [1.807, 2.05) is 53.4 Å². The second kappa shape index (κ2) is 11.4. The number of unbranched alkanes of at least 4 members (excludes halogenated alkanes) is 3. The molecule has 166 valence electrons. The molecule has 0 atom stereocenters. The third kappa shape index (κ3) is 6.48. The average molecular weight is 424 g/mol. The zero-order valence-corrected chi connectivity index (χ0v) is 18.6. The molecule has 0 spiro atoms. The lowest BCUT2D eigenvalue weighted by molar-refractivity contribution is -0.116. The van der Waals surface area contributed by atoms with Gasteiger partial charge in [0.05, 0.1) is 7.11 Å². The Kier molecular flexibility index (Phi) is 8.33. The molecule has 0 saturated carbocycles. The fraction of sp³-hybridized carbons (Fsp3) is 0.440. The first-order chi connectivity index (χ1) is 15.1. The van der Waals surface area contributed by atoms with E-state index in [2.05, 4.69) is 17.1 Å². The Bertz CT molecular complexity index is 841. The van der Waals surface area contributed by atoms with Gasteiger partial charge in [0.2, 0.25) is 5.91 Å². The number of amides is 2. The number of methoxy groups -OCH3 is 1. The summed E-state index contributed by atoms with van der Waals surface area (Å²) in [6, 6.07) is 15.2. The number of carbonyl (C=O) groups excluding carboxylic acids is 2. The first kappa shape index (κ1) is 22.7. The lowest BCUT2D eigenvalue weighted by atomic mass is 10.1. The van der Waals surface area contributed by atoms with Crippen LogP contribution in [0, 0.1) is 0 Å². The zero-order chi connectivity index (χ0) is 22.1. The van der Waals surface area contributed by atoms with Crippen LogP contribution in [0.5, 0.6) is 5.75 Å². The van der Waals surface area contributed by atoms with E-state index in [4.69, 9.17) is 4.74 Å². The molecule has 2 aromatic carbocycles. The van der Waals surface area contributed by atoms with E-state index in [1.165, 1.54) is 12.8 Å².